The van der Waals surface area contributed by atoms with Crippen molar-refractivity contribution in [3.8, 4) is 11.5 Å². The predicted octanol–water partition coefficient (Wildman–Crippen LogP) is 3.01. The number of nitrogens with one attached hydrogen (secondary N) is 1. The van der Waals surface area contributed by atoms with Gasteiger partial charge in [0.1, 0.15) is 6.54 Å². The van der Waals surface area contributed by atoms with Crippen LogP contribution in [0.15, 0.2) is 22.7 Å². The second-order valence-electron chi connectivity index (χ2n) is 5.47. The van der Waals surface area contributed by atoms with E-state index in [4.69, 9.17) is 4.52 Å². The molecule has 1 aromatic heterocycles. The minimum Gasteiger partial charge on any atom is -0.395 e. The molecule has 1 aromatic carbocycles. The van der Waals surface area contributed by atoms with Gasteiger partial charge in [0.15, 0.2) is 17.3 Å². The number of carbonyl (C=O) groups is 1. The quantitative estimate of drug-likeness (QED) is 0.888. The molecule has 0 bridgehead atoms. The maximum atomic E-state index is 13.0. The minimum absolute atomic E-state index is 0.0920. The maximum absolute atomic E-state index is 13.0. The first kappa shape index (κ1) is 16.9. The first-order valence-corrected chi connectivity index (χ1v) is 7.60. The second-order valence-corrected chi connectivity index (χ2v) is 5.47. The van der Waals surface area contributed by atoms with Gasteiger partial charge in [0.05, 0.1) is 0 Å². The van der Waals surface area contributed by atoms with Gasteiger partial charge in [-0.15, -0.1) is 8.78 Å². The molecule has 0 radical (unpaired) electrons. The highest BCUT2D eigenvalue weighted by atomic mass is 19.3. The number of aromatic nitrogens is 2. The molecule has 0 unspecified atom stereocenters. The lowest BCUT2D eigenvalue weighted by atomic mass is 10.3. The van der Waals surface area contributed by atoms with Crippen molar-refractivity contribution in [3.63, 3.8) is 0 Å². The van der Waals surface area contributed by atoms with Crippen molar-refractivity contribution in [3.05, 3.63) is 29.9 Å². The number of amides is 2. The van der Waals surface area contributed by atoms with E-state index in [0.717, 1.165) is 6.42 Å². The molecular weight excluding hydrogens is 338 g/mol. The smallest absolute Gasteiger partial charge is 0.395 e. The summed E-state index contributed by atoms with van der Waals surface area (Å²) in [5, 5.41) is 6.38. The van der Waals surface area contributed by atoms with Gasteiger partial charge >= 0.3 is 12.3 Å². The van der Waals surface area contributed by atoms with E-state index in [1.54, 1.807) is 7.05 Å². The summed E-state index contributed by atoms with van der Waals surface area (Å²) in [6.45, 7) is 2.11. The van der Waals surface area contributed by atoms with Crippen molar-refractivity contribution in [1.82, 2.24) is 15.0 Å². The molecule has 0 fully saturated rings. The van der Waals surface area contributed by atoms with Crippen molar-refractivity contribution in [2.24, 2.45) is 0 Å². The van der Waals surface area contributed by atoms with Gasteiger partial charge in [-0.1, -0.05) is 12.1 Å². The van der Waals surface area contributed by atoms with Gasteiger partial charge in [-0.2, -0.15) is 4.98 Å². The SMILES string of the molecule is CCCc1noc(CN(C)C(=O)Nc2ccc3c(c2)OC(F)(F)O3)n1. The molecule has 2 amide bonds. The van der Waals surface area contributed by atoms with E-state index in [2.05, 4.69) is 24.9 Å². The predicted molar refractivity (Wildman–Crippen MR) is 81.4 cm³/mol. The van der Waals surface area contributed by atoms with Crippen LogP contribution < -0.4 is 14.8 Å². The Hall–Kier alpha value is -2.91. The van der Waals surface area contributed by atoms with Crippen LogP contribution in [0.3, 0.4) is 0 Å². The Labute approximate surface area is 141 Å². The van der Waals surface area contributed by atoms with Crippen LogP contribution >= 0.6 is 0 Å². The molecule has 0 saturated carbocycles. The molecule has 134 valence electrons. The Balaban J connectivity index is 1.60. The standard InChI is InChI=1S/C15H16F2N4O4/c1-3-4-12-19-13(25-20-12)8-21(2)14(22)18-9-5-6-10-11(7-9)24-15(16,17)23-10/h5-7H,3-4,8H2,1-2H3,(H,18,22). The number of nitrogens with zero attached hydrogens (tertiary/aromatic N) is 3. The fraction of sp³-hybridized carbons (Fsp3) is 0.400. The lowest BCUT2D eigenvalue weighted by Gasteiger charge is -2.15. The summed E-state index contributed by atoms with van der Waals surface area (Å²) in [7, 11) is 1.54. The third-order valence-corrected chi connectivity index (χ3v) is 3.36. The maximum Gasteiger partial charge on any atom is 0.586 e. The number of urea groups is 1. The molecular formula is C15H16F2N4O4. The summed E-state index contributed by atoms with van der Waals surface area (Å²) in [5.41, 5.74) is 0.286. The summed E-state index contributed by atoms with van der Waals surface area (Å²) in [6.07, 6.45) is -2.12. The molecule has 2 heterocycles. The van der Waals surface area contributed by atoms with Gasteiger partial charge < -0.3 is 24.2 Å². The largest absolute Gasteiger partial charge is 0.586 e. The van der Waals surface area contributed by atoms with Gasteiger partial charge in [0.2, 0.25) is 5.89 Å². The van der Waals surface area contributed by atoms with Crippen LogP contribution in [0.5, 0.6) is 11.5 Å². The molecule has 2 aromatic rings. The highest BCUT2D eigenvalue weighted by Crippen LogP contribution is 2.42. The topological polar surface area (TPSA) is 89.7 Å². The number of carbonyl (C=O) groups excluding carboxylic acids is 1. The van der Waals surface area contributed by atoms with E-state index in [0.29, 0.717) is 18.1 Å². The van der Waals surface area contributed by atoms with Gasteiger partial charge in [-0.3, -0.25) is 0 Å². The Bertz CT molecular complexity index is 781. The van der Waals surface area contributed by atoms with Crippen molar-refractivity contribution in [1.29, 1.82) is 0 Å². The van der Waals surface area contributed by atoms with Crippen LogP contribution in [0.2, 0.25) is 0 Å². The summed E-state index contributed by atoms with van der Waals surface area (Å²) in [6, 6.07) is 3.51. The number of alkyl halides is 2. The van der Waals surface area contributed by atoms with Crippen LogP contribution in [-0.4, -0.2) is 34.4 Å². The van der Waals surface area contributed by atoms with E-state index in [1.807, 2.05) is 6.92 Å². The normalized spacial score (nSPS) is 14.4. The fourth-order valence-electron chi connectivity index (χ4n) is 2.20. The number of anilines is 1. The fourth-order valence-corrected chi connectivity index (χ4v) is 2.20. The Morgan fingerprint density at radius 1 is 1.32 bits per heavy atom. The number of benzene rings is 1. The van der Waals surface area contributed by atoms with Gasteiger partial charge in [0, 0.05) is 25.2 Å². The van der Waals surface area contributed by atoms with Crippen LogP contribution in [0.1, 0.15) is 25.1 Å². The molecule has 1 aliphatic rings. The Morgan fingerprint density at radius 3 is 2.84 bits per heavy atom. The molecule has 0 spiro atoms. The third-order valence-electron chi connectivity index (χ3n) is 3.36. The van der Waals surface area contributed by atoms with Gasteiger partial charge in [0.25, 0.3) is 0 Å². The number of rotatable bonds is 5. The summed E-state index contributed by atoms with van der Waals surface area (Å²) >= 11 is 0. The van der Waals surface area contributed by atoms with E-state index < -0.39 is 12.3 Å². The lowest BCUT2D eigenvalue weighted by Crippen LogP contribution is -2.31. The van der Waals surface area contributed by atoms with Crippen LogP contribution in [-0.2, 0) is 13.0 Å². The number of halogens is 2. The average molecular weight is 354 g/mol. The zero-order chi connectivity index (χ0) is 18.0. The zero-order valence-corrected chi connectivity index (χ0v) is 13.6. The average Bonchev–Trinajstić information content (AvgIpc) is 3.09. The highest BCUT2D eigenvalue weighted by molar-refractivity contribution is 5.89. The molecule has 25 heavy (non-hydrogen) atoms. The third kappa shape index (κ3) is 3.95. The number of hydrogen-bond acceptors (Lipinski definition) is 6. The number of fused-ring (bicyclic) bond motifs is 1. The van der Waals surface area contributed by atoms with Crippen LogP contribution in [0, 0.1) is 0 Å². The van der Waals surface area contributed by atoms with E-state index in [9.17, 15) is 13.6 Å². The molecule has 3 rings (SSSR count). The first-order valence-electron chi connectivity index (χ1n) is 7.60. The zero-order valence-electron chi connectivity index (χ0n) is 13.6. The number of aryl methyl sites for hydroxylation is 1. The summed E-state index contributed by atoms with van der Waals surface area (Å²) < 4.78 is 39.7. The monoisotopic (exact) mass is 354 g/mol. The van der Waals surface area contributed by atoms with Crippen molar-refractivity contribution >= 4 is 11.7 Å². The van der Waals surface area contributed by atoms with Gasteiger partial charge in [-0.25, -0.2) is 4.79 Å². The van der Waals surface area contributed by atoms with Crippen LogP contribution in [0.4, 0.5) is 19.3 Å². The minimum atomic E-state index is -3.70. The van der Waals surface area contributed by atoms with E-state index in [-0.39, 0.29) is 23.7 Å². The van der Waals surface area contributed by atoms with Gasteiger partial charge in [-0.05, 0) is 18.6 Å². The second kappa shape index (κ2) is 6.54. The first-order chi connectivity index (χ1) is 11.9. The number of hydrogen-bond donors (Lipinski definition) is 1. The molecule has 0 aliphatic carbocycles. The summed E-state index contributed by atoms with van der Waals surface area (Å²) in [4.78, 5) is 17.7. The molecule has 10 heteroatoms. The molecule has 1 aliphatic heterocycles. The Kier molecular flexibility index (Phi) is 4.43. The lowest BCUT2D eigenvalue weighted by molar-refractivity contribution is -0.286. The number of ether oxygens (including phenoxy) is 2. The van der Waals surface area contributed by atoms with E-state index in [1.165, 1.54) is 23.1 Å². The molecule has 1 N–H and O–H groups in total. The Morgan fingerprint density at radius 2 is 2.08 bits per heavy atom. The molecule has 0 saturated heterocycles. The van der Waals surface area contributed by atoms with Crippen LogP contribution in [0.25, 0.3) is 0 Å². The van der Waals surface area contributed by atoms with Crippen molar-refractivity contribution < 1.29 is 27.6 Å². The summed E-state index contributed by atoms with van der Waals surface area (Å²) in [5.74, 6) is 0.659. The molecule has 8 nitrogen and oxygen atoms in total. The van der Waals surface area contributed by atoms with E-state index >= 15 is 0 Å². The van der Waals surface area contributed by atoms with Crippen molar-refractivity contribution in [2.45, 2.75) is 32.6 Å². The molecule has 0 atom stereocenters. The highest BCUT2D eigenvalue weighted by Gasteiger charge is 2.43. The van der Waals surface area contributed by atoms with Crippen molar-refractivity contribution in [2.75, 3.05) is 12.4 Å².